The van der Waals surface area contributed by atoms with Crippen molar-refractivity contribution in [3.05, 3.63) is 18.0 Å². The van der Waals surface area contributed by atoms with E-state index in [9.17, 15) is 0 Å². The molecule has 0 fully saturated rings. The second-order valence-corrected chi connectivity index (χ2v) is 2.96. The Balaban J connectivity index is 2.20. The van der Waals surface area contributed by atoms with Crippen molar-refractivity contribution in [3.8, 4) is 0 Å². The highest BCUT2D eigenvalue weighted by Crippen LogP contribution is 1.96. The number of hydrogen-bond donors (Lipinski definition) is 2. The SMILES string of the molecule is CCn1cc(CNCCCO)cn1. The van der Waals surface area contributed by atoms with Gasteiger partial charge in [-0.25, -0.2) is 0 Å². The number of aromatic nitrogens is 2. The minimum Gasteiger partial charge on any atom is -0.396 e. The van der Waals surface area contributed by atoms with Crippen molar-refractivity contribution in [1.82, 2.24) is 15.1 Å². The number of aryl methyl sites for hydroxylation is 1. The zero-order valence-corrected chi connectivity index (χ0v) is 8.03. The summed E-state index contributed by atoms with van der Waals surface area (Å²) in [5.74, 6) is 0. The third kappa shape index (κ3) is 3.57. The molecule has 1 heterocycles. The lowest BCUT2D eigenvalue weighted by Gasteiger charge is -1.99. The van der Waals surface area contributed by atoms with Gasteiger partial charge in [-0.2, -0.15) is 5.10 Å². The molecule has 0 aliphatic carbocycles. The van der Waals surface area contributed by atoms with Gasteiger partial charge in [0.2, 0.25) is 0 Å². The fraction of sp³-hybridized carbons (Fsp3) is 0.667. The van der Waals surface area contributed by atoms with E-state index in [2.05, 4.69) is 17.3 Å². The first-order valence-electron chi connectivity index (χ1n) is 4.69. The summed E-state index contributed by atoms with van der Waals surface area (Å²) in [4.78, 5) is 0. The number of nitrogens with one attached hydrogen (secondary N) is 1. The summed E-state index contributed by atoms with van der Waals surface area (Å²) in [5.41, 5.74) is 1.19. The number of nitrogens with zero attached hydrogens (tertiary/aromatic N) is 2. The first-order valence-corrected chi connectivity index (χ1v) is 4.69. The Morgan fingerprint density at radius 1 is 1.62 bits per heavy atom. The molecule has 0 unspecified atom stereocenters. The number of aliphatic hydroxyl groups excluding tert-OH is 1. The maximum Gasteiger partial charge on any atom is 0.0534 e. The van der Waals surface area contributed by atoms with E-state index in [1.807, 2.05) is 17.1 Å². The normalized spacial score (nSPS) is 10.6. The van der Waals surface area contributed by atoms with Crippen LogP contribution in [0.5, 0.6) is 0 Å². The highest BCUT2D eigenvalue weighted by atomic mass is 16.3. The molecule has 0 saturated heterocycles. The molecule has 0 aliphatic heterocycles. The maximum absolute atomic E-state index is 8.55. The molecule has 1 aromatic heterocycles. The van der Waals surface area contributed by atoms with Crippen LogP contribution in [0.15, 0.2) is 12.4 Å². The van der Waals surface area contributed by atoms with Gasteiger partial charge in [0, 0.05) is 31.5 Å². The predicted molar refractivity (Wildman–Crippen MR) is 51.3 cm³/mol. The summed E-state index contributed by atoms with van der Waals surface area (Å²) in [5, 5.41) is 15.9. The molecule has 1 rings (SSSR count). The van der Waals surface area contributed by atoms with Gasteiger partial charge in [-0.1, -0.05) is 0 Å². The lowest BCUT2D eigenvalue weighted by Crippen LogP contribution is -2.15. The van der Waals surface area contributed by atoms with Crippen LogP contribution in [-0.2, 0) is 13.1 Å². The van der Waals surface area contributed by atoms with Gasteiger partial charge in [0.1, 0.15) is 0 Å². The number of rotatable bonds is 6. The first kappa shape index (κ1) is 10.2. The van der Waals surface area contributed by atoms with Crippen molar-refractivity contribution in [2.24, 2.45) is 0 Å². The molecule has 74 valence electrons. The van der Waals surface area contributed by atoms with E-state index >= 15 is 0 Å². The van der Waals surface area contributed by atoms with Gasteiger partial charge in [0.05, 0.1) is 6.20 Å². The first-order chi connectivity index (χ1) is 6.36. The van der Waals surface area contributed by atoms with Gasteiger partial charge in [0.25, 0.3) is 0 Å². The van der Waals surface area contributed by atoms with Crippen LogP contribution in [0, 0.1) is 0 Å². The van der Waals surface area contributed by atoms with Crippen LogP contribution in [0.4, 0.5) is 0 Å². The standard InChI is InChI=1S/C9H17N3O/c1-2-12-8-9(7-11-12)6-10-4-3-5-13/h7-8,10,13H,2-6H2,1H3. The molecule has 0 saturated carbocycles. The second kappa shape index (κ2) is 5.72. The van der Waals surface area contributed by atoms with Crippen molar-refractivity contribution >= 4 is 0 Å². The Morgan fingerprint density at radius 2 is 2.46 bits per heavy atom. The van der Waals surface area contributed by atoms with Crippen LogP contribution in [0.1, 0.15) is 18.9 Å². The van der Waals surface area contributed by atoms with Gasteiger partial charge in [-0.15, -0.1) is 0 Å². The minimum atomic E-state index is 0.251. The summed E-state index contributed by atoms with van der Waals surface area (Å²) >= 11 is 0. The molecule has 4 nitrogen and oxygen atoms in total. The summed E-state index contributed by atoms with van der Waals surface area (Å²) < 4.78 is 1.91. The molecule has 0 radical (unpaired) electrons. The van der Waals surface area contributed by atoms with Crippen molar-refractivity contribution in [3.63, 3.8) is 0 Å². The van der Waals surface area contributed by atoms with E-state index in [0.717, 1.165) is 26.1 Å². The minimum absolute atomic E-state index is 0.251. The Bertz CT molecular complexity index is 235. The molecule has 1 aromatic rings. The summed E-state index contributed by atoms with van der Waals surface area (Å²) in [6.07, 6.45) is 4.71. The van der Waals surface area contributed by atoms with E-state index in [4.69, 9.17) is 5.11 Å². The van der Waals surface area contributed by atoms with E-state index in [1.54, 1.807) is 0 Å². The molecule has 0 aliphatic rings. The van der Waals surface area contributed by atoms with E-state index in [-0.39, 0.29) is 6.61 Å². The molecule has 13 heavy (non-hydrogen) atoms. The smallest absolute Gasteiger partial charge is 0.0534 e. The highest BCUT2D eigenvalue weighted by Gasteiger charge is 1.95. The second-order valence-electron chi connectivity index (χ2n) is 2.96. The predicted octanol–water partition coefficient (Wildman–Crippen LogP) is 0.375. The van der Waals surface area contributed by atoms with Gasteiger partial charge >= 0.3 is 0 Å². The van der Waals surface area contributed by atoms with Crippen LogP contribution in [0.3, 0.4) is 0 Å². The van der Waals surface area contributed by atoms with Gasteiger partial charge in [0.15, 0.2) is 0 Å². The Labute approximate surface area is 78.6 Å². The summed E-state index contributed by atoms with van der Waals surface area (Å²) in [7, 11) is 0. The average Bonchev–Trinajstić information content (AvgIpc) is 2.60. The molecule has 0 atom stereocenters. The molecule has 0 aromatic carbocycles. The largest absolute Gasteiger partial charge is 0.396 e. The van der Waals surface area contributed by atoms with Gasteiger partial charge in [-0.3, -0.25) is 4.68 Å². The van der Waals surface area contributed by atoms with E-state index in [0.29, 0.717) is 0 Å². The Kier molecular flexibility index (Phi) is 4.49. The van der Waals surface area contributed by atoms with Crippen molar-refractivity contribution < 1.29 is 5.11 Å². The molecule has 0 amide bonds. The lowest BCUT2D eigenvalue weighted by atomic mass is 10.3. The fourth-order valence-corrected chi connectivity index (χ4v) is 1.11. The number of hydrogen-bond acceptors (Lipinski definition) is 3. The lowest BCUT2D eigenvalue weighted by molar-refractivity contribution is 0.286. The van der Waals surface area contributed by atoms with Crippen LogP contribution in [0.25, 0.3) is 0 Å². The molecule has 2 N–H and O–H groups in total. The average molecular weight is 183 g/mol. The van der Waals surface area contributed by atoms with Crippen molar-refractivity contribution in [1.29, 1.82) is 0 Å². The zero-order valence-electron chi connectivity index (χ0n) is 8.03. The van der Waals surface area contributed by atoms with Crippen molar-refractivity contribution in [2.75, 3.05) is 13.2 Å². The third-order valence-electron chi connectivity index (χ3n) is 1.85. The highest BCUT2D eigenvalue weighted by molar-refractivity contribution is 5.02. The quantitative estimate of drug-likeness (QED) is 0.627. The van der Waals surface area contributed by atoms with Crippen LogP contribution in [0.2, 0.25) is 0 Å². The molecule has 0 bridgehead atoms. The monoisotopic (exact) mass is 183 g/mol. The van der Waals surface area contributed by atoms with Crippen molar-refractivity contribution in [2.45, 2.75) is 26.4 Å². The molecular formula is C9H17N3O. The van der Waals surface area contributed by atoms with Gasteiger partial charge in [-0.05, 0) is 19.9 Å². The Morgan fingerprint density at radius 3 is 3.08 bits per heavy atom. The summed E-state index contributed by atoms with van der Waals surface area (Å²) in [6.45, 7) is 4.92. The topological polar surface area (TPSA) is 50.1 Å². The maximum atomic E-state index is 8.55. The number of aliphatic hydroxyl groups is 1. The van der Waals surface area contributed by atoms with Crippen LogP contribution < -0.4 is 5.32 Å². The molecular weight excluding hydrogens is 166 g/mol. The fourth-order valence-electron chi connectivity index (χ4n) is 1.11. The van der Waals surface area contributed by atoms with Crippen LogP contribution in [-0.4, -0.2) is 28.0 Å². The van der Waals surface area contributed by atoms with Crippen LogP contribution >= 0.6 is 0 Å². The summed E-state index contributed by atoms with van der Waals surface area (Å²) in [6, 6.07) is 0. The molecule has 4 heteroatoms. The third-order valence-corrected chi connectivity index (χ3v) is 1.85. The molecule has 0 spiro atoms. The van der Waals surface area contributed by atoms with Gasteiger partial charge < -0.3 is 10.4 Å². The zero-order chi connectivity index (χ0) is 9.52. The van der Waals surface area contributed by atoms with E-state index < -0.39 is 0 Å². The van der Waals surface area contributed by atoms with E-state index in [1.165, 1.54) is 5.56 Å². The Hall–Kier alpha value is -0.870.